The molecule has 114 valence electrons. The molecule has 1 aromatic carbocycles. The fourth-order valence-electron chi connectivity index (χ4n) is 3.08. The van der Waals surface area contributed by atoms with E-state index in [1.807, 2.05) is 25.4 Å². The van der Waals surface area contributed by atoms with Crippen molar-refractivity contribution in [3.05, 3.63) is 46.6 Å². The maximum atomic E-state index is 12.4. The second kappa shape index (κ2) is 4.28. The molecule has 1 aliphatic carbocycles. The molecule has 23 heavy (non-hydrogen) atoms. The van der Waals surface area contributed by atoms with Crippen LogP contribution in [0.2, 0.25) is 0 Å². The van der Waals surface area contributed by atoms with Crippen LogP contribution < -0.4 is 5.69 Å². The highest BCUT2D eigenvalue weighted by atomic mass is 16.1. The summed E-state index contributed by atoms with van der Waals surface area (Å²) in [6.07, 6.45) is 5.89. The molecule has 0 spiro atoms. The number of hydrogen-bond acceptors (Lipinski definition) is 4. The van der Waals surface area contributed by atoms with Crippen molar-refractivity contribution in [1.29, 1.82) is 0 Å². The van der Waals surface area contributed by atoms with Gasteiger partial charge in [-0.3, -0.25) is 4.68 Å². The Morgan fingerprint density at radius 2 is 2.17 bits per heavy atom. The van der Waals surface area contributed by atoms with Crippen LogP contribution in [0.5, 0.6) is 0 Å². The summed E-state index contributed by atoms with van der Waals surface area (Å²) in [5, 5.41) is 9.41. The molecule has 3 aromatic heterocycles. The molecule has 1 fully saturated rings. The Bertz CT molecular complexity index is 1110. The minimum atomic E-state index is -0.261. The van der Waals surface area contributed by atoms with Crippen LogP contribution in [0, 0.1) is 0 Å². The van der Waals surface area contributed by atoms with E-state index in [2.05, 4.69) is 26.2 Å². The Morgan fingerprint density at radius 3 is 2.91 bits per heavy atom. The lowest BCUT2D eigenvalue weighted by atomic mass is 10.1. The van der Waals surface area contributed by atoms with Gasteiger partial charge in [0.25, 0.3) is 0 Å². The SMILES string of the molecule is Cn1cc(-c2nc3c4cccc(C5CC5)c4[nH]c(=O)n3n2)cn1. The molecule has 1 N–H and O–H groups in total. The molecule has 0 amide bonds. The lowest BCUT2D eigenvalue weighted by Crippen LogP contribution is -2.18. The summed E-state index contributed by atoms with van der Waals surface area (Å²) >= 11 is 0. The topological polar surface area (TPSA) is 80.9 Å². The van der Waals surface area contributed by atoms with Crippen molar-refractivity contribution in [2.75, 3.05) is 0 Å². The molecular weight excluding hydrogens is 292 g/mol. The lowest BCUT2D eigenvalue weighted by Gasteiger charge is -2.05. The number of rotatable bonds is 2. The Hall–Kier alpha value is -2.96. The molecule has 1 aliphatic rings. The smallest absolute Gasteiger partial charge is 0.305 e. The van der Waals surface area contributed by atoms with E-state index in [9.17, 15) is 4.79 Å². The number of aryl methyl sites for hydroxylation is 1. The summed E-state index contributed by atoms with van der Waals surface area (Å²) in [5.41, 5.74) is 3.21. The number of H-pyrrole nitrogens is 1. The van der Waals surface area contributed by atoms with Crippen molar-refractivity contribution in [2.45, 2.75) is 18.8 Å². The highest BCUT2D eigenvalue weighted by Gasteiger charge is 2.26. The Kier molecular flexibility index (Phi) is 2.34. The first kappa shape index (κ1) is 12.6. The molecule has 4 aromatic rings. The first-order valence-corrected chi connectivity index (χ1v) is 7.61. The molecule has 5 rings (SSSR count). The molecule has 0 unspecified atom stereocenters. The number of nitrogens with zero attached hydrogens (tertiary/aromatic N) is 5. The number of fused-ring (bicyclic) bond motifs is 3. The summed E-state index contributed by atoms with van der Waals surface area (Å²) in [7, 11) is 1.84. The minimum Gasteiger partial charge on any atom is -0.305 e. The van der Waals surface area contributed by atoms with Crippen LogP contribution >= 0.6 is 0 Å². The molecule has 3 heterocycles. The first-order chi connectivity index (χ1) is 11.2. The van der Waals surface area contributed by atoms with E-state index in [1.165, 1.54) is 22.9 Å². The van der Waals surface area contributed by atoms with Gasteiger partial charge in [0.05, 0.1) is 17.3 Å². The number of para-hydroxylation sites is 1. The van der Waals surface area contributed by atoms with E-state index in [0.717, 1.165) is 16.5 Å². The van der Waals surface area contributed by atoms with E-state index in [0.29, 0.717) is 17.4 Å². The predicted octanol–water partition coefficient (Wildman–Crippen LogP) is 1.85. The maximum absolute atomic E-state index is 12.4. The van der Waals surface area contributed by atoms with E-state index < -0.39 is 0 Å². The normalized spacial score (nSPS) is 14.8. The Morgan fingerprint density at radius 1 is 1.30 bits per heavy atom. The van der Waals surface area contributed by atoms with Crippen LogP contribution in [0.3, 0.4) is 0 Å². The van der Waals surface area contributed by atoms with Gasteiger partial charge in [-0.25, -0.2) is 9.78 Å². The molecule has 0 atom stereocenters. The lowest BCUT2D eigenvalue weighted by molar-refractivity contribution is 0.768. The second-order valence-corrected chi connectivity index (χ2v) is 6.05. The Labute approximate surface area is 130 Å². The van der Waals surface area contributed by atoms with E-state index in [4.69, 9.17) is 0 Å². The molecule has 0 radical (unpaired) electrons. The molecule has 7 heteroatoms. The van der Waals surface area contributed by atoms with Gasteiger partial charge in [0.1, 0.15) is 0 Å². The van der Waals surface area contributed by atoms with Gasteiger partial charge in [-0.2, -0.15) is 9.61 Å². The second-order valence-electron chi connectivity index (χ2n) is 6.05. The monoisotopic (exact) mass is 306 g/mol. The van der Waals surface area contributed by atoms with Gasteiger partial charge in [-0.15, -0.1) is 5.10 Å². The third kappa shape index (κ3) is 1.82. The van der Waals surface area contributed by atoms with Crippen LogP contribution in [0.1, 0.15) is 24.3 Å². The van der Waals surface area contributed by atoms with Crippen molar-refractivity contribution >= 4 is 16.6 Å². The van der Waals surface area contributed by atoms with Gasteiger partial charge in [-0.05, 0) is 30.4 Å². The summed E-state index contributed by atoms with van der Waals surface area (Å²) in [6.45, 7) is 0. The number of aromatic nitrogens is 6. The summed E-state index contributed by atoms with van der Waals surface area (Å²) in [4.78, 5) is 20.0. The first-order valence-electron chi connectivity index (χ1n) is 7.61. The molecule has 0 saturated heterocycles. The zero-order valence-corrected chi connectivity index (χ0v) is 12.5. The summed E-state index contributed by atoms with van der Waals surface area (Å²) in [6, 6.07) is 6.09. The average molecular weight is 306 g/mol. The van der Waals surface area contributed by atoms with E-state index >= 15 is 0 Å². The number of benzene rings is 1. The van der Waals surface area contributed by atoms with Crippen molar-refractivity contribution in [3.8, 4) is 11.4 Å². The molecule has 7 nitrogen and oxygen atoms in total. The van der Waals surface area contributed by atoms with Crippen molar-refractivity contribution in [1.82, 2.24) is 29.4 Å². The highest BCUT2D eigenvalue weighted by molar-refractivity contribution is 5.93. The van der Waals surface area contributed by atoms with E-state index in [-0.39, 0.29) is 5.69 Å². The van der Waals surface area contributed by atoms with Crippen LogP contribution in [0.25, 0.3) is 27.9 Å². The van der Waals surface area contributed by atoms with Crippen LogP contribution in [0.15, 0.2) is 35.4 Å². The molecule has 0 bridgehead atoms. The fraction of sp³-hybridized carbons (Fsp3) is 0.250. The number of nitrogens with one attached hydrogen (secondary N) is 1. The minimum absolute atomic E-state index is 0.261. The standard InChI is InChI=1S/C16H14N6O/c1-21-8-10(7-17-21)14-19-15-12-4-2-3-11(9-5-6-9)13(12)18-16(23)22(15)20-14/h2-4,7-9H,5-6H2,1H3,(H,18,23). The van der Waals surface area contributed by atoms with Gasteiger partial charge in [0.2, 0.25) is 0 Å². The van der Waals surface area contributed by atoms with Crippen molar-refractivity contribution in [2.24, 2.45) is 7.05 Å². The third-order valence-corrected chi connectivity index (χ3v) is 4.35. The van der Waals surface area contributed by atoms with Gasteiger partial charge in [0.15, 0.2) is 11.5 Å². The maximum Gasteiger partial charge on any atom is 0.348 e. The molecular formula is C16H14N6O. The van der Waals surface area contributed by atoms with Gasteiger partial charge in [0, 0.05) is 18.6 Å². The largest absolute Gasteiger partial charge is 0.348 e. The molecule has 0 aliphatic heterocycles. The zero-order chi connectivity index (χ0) is 15.6. The van der Waals surface area contributed by atoms with Gasteiger partial charge < -0.3 is 4.98 Å². The number of aromatic amines is 1. The van der Waals surface area contributed by atoms with Crippen LogP contribution in [0.4, 0.5) is 0 Å². The molecule has 1 saturated carbocycles. The Balaban J connectivity index is 1.84. The van der Waals surface area contributed by atoms with Crippen LogP contribution in [-0.2, 0) is 7.05 Å². The number of hydrogen-bond donors (Lipinski definition) is 1. The third-order valence-electron chi connectivity index (χ3n) is 4.35. The summed E-state index contributed by atoms with van der Waals surface area (Å²) in [5.74, 6) is 1.06. The predicted molar refractivity (Wildman–Crippen MR) is 85.3 cm³/mol. The fourth-order valence-corrected chi connectivity index (χ4v) is 3.08. The van der Waals surface area contributed by atoms with Gasteiger partial charge in [-0.1, -0.05) is 12.1 Å². The highest BCUT2D eigenvalue weighted by Crippen LogP contribution is 2.42. The quantitative estimate of drug-likeness (QED) is 0.613. The average Bonchev–Trinajstić information content (AvgIpc) is 3.12. The van der Waals surface area contributed by atoms with Gasteiger partial charge >= 0.3 is 5.69 Å². The summed E-state index contributed by atoms with van der Waals surface area (Å²) < 4.78 is 3.02. The van der Waals surface area contributed by atoms with Crippen molar-refractivity contribution < 1.29 is 0 Å². The van der Waals surface area contributed by atoms with Crippen LogP contribution in [-0.4, -0.2) is 29.4 Å². The van der Waals surface area contributed by atoms with E-state index in [1.54, 1.807) is 10.9 Å². The zero-order valence-electron chi connectivity index (χ0n) is 12.5. The van der Waals surface area contributed by atoms with Crippen molar-refractivity contribution in [3.63, 3.8) is 0 Å².